The van der Waals surface area contributed by atoms with E-state index in [0.29, 0.717) is 5.56 Å². The Morgan fingerprint density at radius 1 is 1.35 bits per heavy atom. The van der Waals surface area contributed by atoms with E-state index in [4.69, 9.17) is 5.73 Å². The maximum absolute atomic E-state index is 11.3. The van der Waals surface area contributed by atoms with Crippen LogP contribution >= 0.6 is 0 Å². The molecule has 1 aromatic rings. The second-order valence-electron chi connectivity index (χ2n) is 4.64. The monoisotopic (exact) mass is 234 g/mol. The molecule has 1 heterocycles. The summed E-state index contributed by atoms with van der Waals surface area (Å²) in [5, 5.41) is 0. The molecule has 2 N–H and O–H groups in total. The van der Waals surface area contributed by atoms with Gasteiger partial charge in [-0.3, -0.25) is 4.98 Å². The van der Waals surface area contributed by atoms with Gasteiger partial charge in [0, 0.05) is 6.20 Å². The standard InChI is InChI=1S/C13H18N2O2/c1-17-12(16)10-5-6-11(15-9-10)13(14)7-3-2-4-8-13/h5-6,9H,2-4,7-8,14H2,1H3. The van der Waals surface area contributed by atoms with E-state index < -0.39 is 0 Å². The summed E-state index contributed by atoms with van der Waals surface area (Å²) >= 11 is 0. The number of aromatic nitrogens is 1. The van der Waals surface area contributed by atoms with E-state index in [1.54, 1.807) is 12.3 Å². The molecule has 17 heavy (non-hydrogen) atoms. The first-order valence-electron chi connectivity index (χ1n) is 5.99. The number of nitrogens with two attached hydrogens (primary N) is 1. The van der Waals surface area contributed by atoms with E-state index in [-0.39, 0.29) is 11.5 Å². The second-order valence-corrected chi connectivity index (χ2v) is 4.64. The first kappa shape index (κ1) is 12.0. The molecule has 1 aliphatic rings. The van der Waals surface area contributed by atoms with Crippen LogP contribution in [0.25, 0.3) is 0 Å². The molecule has 0 spiro atoms. The Labute approximate surface area is 101 Å². The van der Waals surface area contributed by atoms with Gasteiger partial charge in [0.15, 0.2) is 0 Å². The molecule has 1 fully saturated rings. The van der Waals surface area contributed by atoms with Crippen LogP contribution in [0.5, 0.6) is 0 Å². The van der Waals surface area contributed by atoms with Crippen molar-refractivity contribution in [2.24, 2.45) is 5.73 Å². The van der Waals surface area contributed by atoms with E-state index in [1.807, 2.05) is 6.07 Å². The highest BCUT2D eigenvalue weighted by molar-refractivity contribution is 5.88. The van der Waals surface area contributed by atoms with Gasteiger partial charge in [-0.25, -0.2) is 4.79 Å². The predicted octanol–water partition coefficient (Wildman–Crippen LogP) is 1.99. The van der Waals surface area contributed by atoms with Crippen molar-refractivity contribution in [1.29, 1.82) is 0 Å². The molecule has 0 unspecified atom stereocenters. The van der Waals surface area contributed by atoms with Crippen LogP contribution in [0.15, 0.2) is 18.3 Å². The van der Waals surface area contributed by atoms with Crippen LogP contribution < -0.4 is 5.73 Å². The van der Waals surface area contributed by atoms with Gasteiger partial charge in [-0.05, 0) is 25.0 Å². The smallest absolute Gasteiger partial charge is 0.339 e. The molecule has 2 rings (SSSR count). The van der Waals surface area contributed by atoms with E-state index in [2.05, 4.69) is 9.72 Å². The maximum atomic E-state index is 11.3. The predicted molar refractivity (Wildman–Crippen MR) is 64.5 cm³/mol. The Bertz CT molecular complexity index is 394. The molecule has 0 amide bonds. The van der Waals surface area contributed by atoms with Gasteiger partial charge < -0.3 is 10.5 Å². The minimum atomic E-state index is -0.362. The number of carbonyl (C=O) groups excluding carboxylic acids is 1. The molecule has 4 nitrogen and oxygen atoms in total. The first-order chi connectivity index (χ1) is 8.15. The number of methoxy groups -OCH3 is 1. The lowest BCUT2D eigenvalue weighted by Crippen LogP contribution is -2.39. The van der Waals surface area contributed by atoms with E-state index in [1.165, 1.54) is 13.5 Å². The molecule has 1 aliphatic carbocycles. The minimum Gasteiger partial charge on any atom is -0.465 e. The molecule has 0 radical (unpaired) electrons. The number of pyridine rings is 1. The number of ether oxygens (including phenoxy) is 1. The van der Waals surface area contributed by atoms with Crippen LogP contribution in [0.3, 0.4) is 0 Å². The van der Waals surface area contributed by atoms with Gasteiger partial charge in [-0.15, -0.1) is 0 Å². The van der Waals surface area contributed by atoms with Gasteiger partial charge in [-0.2, -0.15) is 0 Å². The SMILES string of the molecule is COC(=O)c1ccc(C2(N)CCCCC2)nc1. The zero-order valence-corrected chi connectivity index (χ0v) is 10.1. The molecule has 4 heteroatoms. The van der Waals surface area contributed by atoms with Gasteiger partial charge >= 0.3 is 5.97 Å². The summed E-state index contributed by atoms with van der Waals surface area (Å²) in [4.78, 5) is 15.6. The van der Waals surface area contributed by atoms with Crippen molar-refractivity contribution in [2.45, 2.75) is 37.6 Å². The molecule has 0 bridgehead atoms. The van der Waals surface area contributed by atoms with Crippen LogP contribution in [0, 0.1) is 0 Å². The highest BCUT2D eigenvalue weighted by atomic mass is 16.5. The largest absolute Gasteiger partial charge is 0.465 e. The van der Waals surface area contributed by atoms with Crippen LogP contribution in [0.4, 0.5) is 0 Å². The minimum absolute atomic E-state index is 0.313. The lowest BCUT2D eigenvalue weighted by Gasteiger charge is -2.32. The molecular weight excluding hydrogens is 216 g/mol. The summed E-state index contributed by atoms with van der Waals surface area (Å²) < 4.78 is 4.64. The number of nitrogens with zero attached hydrogens (tertiary/aromatic N) is 1. The normalized spacial score (nSPS) is 18.7. The third-order valence-corrected chi connectivity index (χ3v) is 3.44. The summed E-state index contributed by atoms with van der Waals surface area (Å²) in [5.41, 5.74) is 7.40. The molecule has 1 saturated carbocycles. The van der Waals surface area contributed by atoms with Crippen molar-refractivity contribution in [3.8, 4) is 0 Å². The Morgan fingerprint density at radius 3 is 2.59 bits per heavy atom. The van der Waals surface area contributed by atoms with Crippen molar-refractivity contribution in [1.82, 2.24) is 4.98 Å². The van der Waals surface area contributed by atoms with Gasteiger partial charge in [-0.1, -0.05) is 19.3 Å². The van der Waals surface area contributed by atoms with Gasteiger partial charge in [0.25, 0.3) is 0 Å². The van der Waals surface area contributed by atoms with Gasteiger partial charge in [0.1, 0.15) is 0 Å². The molecule has 0 saturated heterocycles. The van der Waals surface area contributed by atoms with Crippen LogP contribution in [-0.4, -0.2) is 18.1 Å². The zero-order valence-electron chi connectivity index (χ0n) is 10.1. The van der Waals surface area contributed by atoms with E-state index in [0.717, 1.165) is 31.4 Å². The Kier molecular flexibility index (Phi) is 3.43. The fraction of sp³-hybridized carbons (Fsp3) is 0.538. The number of hydrogen-bond donors (Lipinski definition) is 1. The summed E-state index contributed by atoms with van der Waals surface area (Å²) in [7, 11) is 1.36. The molecular formula is C13H18N2O2. The lowest BCUT2D eigenvalue weighted by atomic mass is 9.80. The summed E-state index contributed by atoms with van der Waals surface area (Å²) in [6.45, 7) is 0. The fourth-order valence-corrected chi connectivity index (χ4v) is 2.37. The summed E-state index contributed by atoms with van der Waals surface area (Å²) in [5.74, 6) is -0.362. The molecule has 92 valence electrons. The number of rotatable bonds is 2. The zero-order chi connectivity index (χ0) is 12.3. The van der Waals surface area contributed by atoms with Crippen molar-refractivity contribution in [3.63, 3.8) is 0 Å². The quantitative estimate of drug-likeness (QED) is 0.795. The van der Waals surface area contributed by atoms with Crippen LogP contribution in [0.2, 0.25) is 0 Å². The average molecular weight is 234 g/mol. The molecule has 0 aromatic carbocycles. The van der Waals surface area contributed by atoms with Crippen LogP contribution in [0.1, 0.15) is 48.2 Å². The third kappa shape index (κ3) is 2.47. The Hall–Kier alpha value is -1.42. The average Bonchev–Trinajstić information content (AvgIpc) is 2.39. The van der Waals surface area contributed by atoms with E-state index in [9.17, 15) is 4.79 Å². The van der Waals surface area contributed by atoms with Crippen LogP contribution in [-0.2, 0) is 10.3 Å². The first-order valence-corrected chi connectivity index (χ1v) is 5.99. The fourth-order valence-electron chi connectivity index (χ4n) is 2.37. The van der Waals surface area contributed by atoms with Gasteiger partial charge in [0.2, 0.25) is 0 Å². The summed E-state index contributed by atoms with van der Waals surface area (Å²) in [6.07, 6.45) is 7.03. The molecule has 1 aromatic heterocycles. The number of esters is 1. The Morgan fingerprint density at radius 2 is 2.06 bits per heavy atom. The van der Waals surface area contributed by atoms with Crippen molar-refractivity contribution in [2.75, 3.05) is 7.11 Å². The number of carbonyl (C=O) groups is 1. The lowest BCUT2D eigenvalue weighted by molar-refractivity contribution is 0.0600. The highest BCUT2D eigenvalue weighted by Gasteiger charge is 2.30. The third-order valence-electron chi connectivity index (χ3n) is 3.44. The van der Waals surface area contributed by atoms with Crippen molar-refractivity contribution in [3.05, 3.63) is 29.6 Å². The second kappa shape index (κ2) is 4.84. The van der Waals surface area contributed by atoms with E-state index >= 15 is 0 Å². The van der Waals surface area contributed by atoms with Crippen molar-refractivity contribution >= 4 is 5.97 Å². The number of hydrogen-bond acceptors (Lipinski definition) is 4. The molecule has 0 atom stereocenters. The molecule has 0 aliphatic heterocycles. The topological polar surface area (TPSA) is 65.2 Å². The van der Waals surface area contributed by atoms with Crippen molar-refractivity contribution < 1.29 is 9.53 Å². The Balaban J connectivity index is 2.19. The highest BCUT2D eigenvalue weighted by Crippen LogP contribution is 2.33. The summed E-state index contributed by atoms with van der Waals surface area (Å²) in [6, 6.07) is 3.58. The van der Waals surface area contributed by atoms with Gasteiger partial charge in [0.05, 0.1) is 23.9 Å². The maximum Gasteiger partial charge on any atom is 0.339 e.